The molecule has 0 heterocycles. The van der Waals surface area contributed by atoms with Gasteiger partial charge < -0.3 is 10.1 Å². The fourth-order valence-corrected chi connectivity index (χ4v) is 3.17. The lowest BCUT2D eigenvalue weighted by Gasteiger charge is -2.09. The molecule has 0 spiro atoms. The Morgan fingerprint density at radius 1 is 1.15 bits per heavy atom. The van der Waals surface area contributed by atoms with E-state index in [1.807, 2.05) is 0 Å². The average molecular weight is 415 g/mol. The Labute approximate surface area is 160 Å². The summed E-state index contributed by atoms with van der Waals surface area (Å²) in [5.74, 6) is -1.86. The van der Waals surface area contributed by atoms with Crippen molar-refractivity contribution >= 4 is 39.2 Å². The summed E-state index contributed by atoms with van der Waals surface area (Å²) in [7, 11) is -3.97. The smallest absolute Gasteiger partial charge is 0.338 e. The molecule has 2 rings (SSSR count). The molecule has 7 nitrogen and oxygen atoms in total. The second-order valence-electron chi connectivity index (χ2n) is 5.25. The number of halogens is 2. The molecule has 0 unspecified atom stereocenters. The molecular weight excluding hydrogens is 399 g/mol. The molecule has 2 N–H and O–H groups in total. The third kappa shape index (κ3) is 5.75. The highest BCUT2D eigenvalue weighted by atomic mass is 35.5. The summed E-state index contributed by atoms with van der Waals surface area (Å²) in [5, 5.41) is 2.22. The van der Waals surface area contributed by atoms with Crippen LogP contribution in [-0.4, -0.2) is 33.4 Å². The van der Waals surface area contributed by atoms with Gasteiger partial charge in [-0.2, -0.15) is 0 Å². The molecule has 0 saturated heterocycles. The van der Waals surface area contributed by atoms with Gasteiger partial charge in [0.2, 0.25) is 15.9 Å². The summed E-state index contributed by atoms with van der Waals surface area (Å²) in [5.41, 5.74) is 0.436. The van der Waals surface area contributed by atoms with Gasteiger partial charge in [0, 0.05) is 5.69 Å². The number of esters is 1. The molecule has 0 fully saturated rings. The van der Waals surface area contributed by atoms with E-state index in [9.17, 15) is 22.4 Å². The summed E-state index contributed by atoms with van der Waals surface area (Å²) in [6.07, 6.45) is 0. The largest absolute Gasteiger partial charge is 0.462 e. The predicted octanol–water partition coefficient (Wildman–Crippen LogP) is 2.57. The zero-order valence-electron chi connectivity index (χ0n) is 14.2. The average Bonchev–Trinajstić information content (AvgIpc) is 2.63. The SMILES string of the molecule is CCOC(=O)c1ccc(S(=O)(=O)NCC(=O)Nc2ccc(F)c(Cl)c2)cc1. The molecule has 0 saturated carbocycles. The minimum atomic E-state index is -3.97. The maximum Gasteiger partial charge on any atom is 0.338 e. The molecule has 2 aromatic carbocycles. The van der Waals surface area contributed by atoms with Crippen molar-refractivity contribution in [3.8, 4) is 0 Å². The highest BCUT2D eigenvalue weighted by Gasteiger charge is 2.17. The monoisotopic (exact) mass is 414 g/mol. The number of nitrogens with one attached hydrogen (secondary N) is 2. The van der Waals surface area contributed by atoms with Crippen LogP contribution < -0.4 is 10.0 Å². The molecule has 10 heteroatoms. The third-order valence-electron chi connectivity index (χ3n) is 3.30. The van der Waals surface area contributed by atoms with E-state index in [0.717, 1.165) is 6.07 Å². The summed E-state index contributed by atoms with van der Waals surface area (Å²) in [6.45, 7) is 1.32. The molecule has 0 atom stereocenters. The number of ether oxygens (including phenoxy) is 1. The van der Waals surface area contributed by atoms with Crippen LogP contribution in [-0.2, 0) is 19.6 Å². The standard InChI is InChI=1S/C17H16ClFN2O5S/c1-2-26-17(23)11-3-6-13(7-4-11)27(24,25)20-10-16(22)21-12-5-8-15(19)14(18)9-12/h3-9,20H,2,10H2,1H3,(H,21,22). The van der Waals surface area contributed by atoms with Gasteiger partial charge in [-0.1, -0.05) is 11.6 Å². The van der Waals surface area contributed by atoms with Gasteiger partial charge in [0.25, 0.3) is 0 Å². The molecule has 0 aromatic heterocycles. The number of benzene rings is 2. The lowest BCUT2D eigenvalue weighted by Crippen LogP contribution is -2.32. The predicted molar refractivity (Wildman–Crippen MR) is 97.6 cm³/mol. The van der Waals surface area contributed by atoms with Crippen LogP contribution >= 0.6 is 11.6 Å². The van der Waals surface area contributed by atoms with E-state index in [2.05, 4.69) is 10.0 Å². The fraction of sp³-hybridized carbons (Fsp3) is 0.176. The Morgan fingerprint density at radius 2 is 1.81 bits per heavy atom. The quantitative estimate of drug-likeness (QED) is 0.678. The highest BCUT2D eigenvalue weighted by molar-refractivity contribution is 7.89. The van der Waals surface area contributed by atoms with E-state index in [-0.39, 0.29) is 27.8 Å². The van der Waals surface area contributed by atoms with E-state index >= 15 is 0 Å². The topological polar surface area (TPSA) is 102 Å². The first-order valence-electron chi connectivity index (χ1n) is 7.74. The van der Waals surface area contributed by atoms with Crippen LogP contribution in [0.15, 0.2) is 47.4 Å². The van der Waals surface area contributed by atoms with Gasteiger partial charge in [0.05, 0.1) is 28.6 Å². The summed E-state index contributed by atoms with van der Waals surface area (Å²) < 4.78 is 44.5. The molecule has 144 valence electrons. The summed E-state index contributed by atoms with van der Waals surface area (Å²) in [4.78, 5) is 23.3. The number of carbonyl (C=O) groups excluding carboxylic acids is 2. The zero-order valence-corrected chi connectivity index (χ0v) is 15.7. The van der Waals surface area contributed by atoms with Crippen LogP contribution in [0.3, 0.4) is 0 Å². The van der Waals surface area contributed by atoms with Gasteiger partial charge >= 0.3 is 5.97 Å². The number of amides is 1. The number of anilines is 1. The Hall–Kier alpha value is -2.49. The van der Waals surface area contributed by atoms with Gasteiger partial charge in [0.1, 0.15) is 5.82 Å². The molecule has 2 aromatic rings. The van der Waals surface area contributed by atoms with Crippen LogP contribution in [0.2, 0.25) is 5.02 Å². The van der Waals surface area contributed by atoms with E-state index < -0.39 is 34.3 Å². The molecular formula is C17H16ClFN2O5S. The van der Waals surface area contributed by atoms with E-state index in [1.165, 1.54) is 36.4 Å². The normalized spacial score (nSPS) is 11.1. The molecule has 0 aliphatic rings. The Balaban J connectivity index is 1.98. The number of hydrogen-bond donors (Lipinski definition) is 2. The minimum absolute atomic E-state index is 0.117. The van der Waals surface area contributed by atoms with Crippen LogP contribution in [0, 0.1) is 5.82 Å². The van der Waals surface area contributed by atoms with Crippen molar-refractivity contribution in [3.63, 3.8) is 0 Å². The lowest BCUT2D eigenvalue weighted by atomic mass is 10.2. The van der Waals surface area contributed by atoms with Crippen molar-refractivity contribution in [1.29, 1.82) is 0 Å². The first-order valence-corrected chi connectivity index (χ1v) is 9.61. The number of rotatable bonds is 7. The number of hydrogen-bond acceptors (Lipinski definition) is 5. The van der Waals surface area contributed by atoms with Gasteiger partial charge in [-0.05, 0) is 49.4 Å². The molecule has 0 radical (unpaired) electrons. The van der Waals surface area contributed by atoms with Gasteiger partial charge in [-0.25, -0.2) is 22.3 Å². The van der Waals surface area contributed by atoms with Crippen LogP contribution in [0.4, 0.5) is 10.1 Å². The first kappa shape index (κ1) is 20.8. The zero-order chi connectivity index (χ0) is 20.0. The highest BCUT2D eigenvalue weighted by Crippen LogP contribution is 2.19. The Bertz CT molecular complexity index is 948. The molecule has 27 heavy (non-hydrogen) atoms. The van der Waals surface area contributed by atoms with E-state index in [4.69, 9.17) is 16.3 Å². The lowest BCUT2D eigenvalue weighted by molar-refractivity contribution is -0.115. The second-order valence-corrected chi connectivity index (χ2v) is 7.42. The van der Waals surface area contributed by atoms with E-state index in [0.29, 0.717) is 0 Å². The van der Waals surface area contributed by atoms with Crippen LogP contribution in [0.1, 0.15) is 17.3 Å². The van der Waals surface area contributed by atoms with Crippen molar-refractivity contribution in [2.45, 2.75) is 11.8 Å². The maximum absolute atomic E-state index is 13.1. The van der Waals surface area contributed by atoms with Crippen molar-refractivity contribution in [2.75, 3.05) is 18.5 Å². The van der Waals surface area contributed by atoms with Gasteiger partial charge in [0.15, 0.2) is 0 Å². The van der Waals surface area contributed by atoms with Crippen molar-refractivity contribution < 1.29 is 27.1 Å². The minimum Gasteiger partial charge on any atom is -0.462 e. The molecule has 0 aliphatic carbocycles. The number of carbonyl (C=O) groups is 2. The van der Waals surface area contributed by atoms with Gasteiger partial charge in [-0.3, -0.25) is 4.79 Å². The molecule has 0 aliphatic heterocycles. The Kier molecular flexibility index (Phi) is 6.89. The van der Waals surface area contributed by atoms with Crippen LogP contribution in [0.5, 0.6) is 0 Å². The van der Waals surface area contributed by atoms with Crippen molar-refractivity contribution in [3.05, 3.63) is 58.9 Å². The third-order valence-corrected chi connectivity index (χ3v) is 5.01. The first-order chi connectivity index (χ1) is 12.7. The second kappa shape index (κ2) is 8.94. The fourth-order valence-electron chi connectivity index (χ4n) is 2.01. The van der Waals surface area contributed by atoms with Gasteiger partial charge in [-0.15, -0.1) is 0 Å². The van der Waals surface area contributed by atoms with Crippen molar-refractivity contribution in [2.24, 2.45) is 0 Å². The number of sulfonamides is 1. The summed E-state index contributed by atoms with van der Waals surface area (Å²) >= 11 is 5.61. The van der Waals surface area contributed by atoms with Crippen molar-refractivity contribution in [1.82, 2.24) is 4.72 Å². The molecule has 1 amide bonds. The summed E-state index contributed by atoms with van der Waals surface area (Å²) in [6, 6.07) is 8.66. The van der Waals surface area contributed by atoms with Crippen LogP contribution in [0.25, 0.3) is 0 Å². The Morgan fingerprint density at radius 3 is 2.41 bits per heavy atom. The maximum atomic E-state index is 13.1. The molecule has 0 bridgehead atoms. The van der Waals surface area contributed by atoms with E-state index in [1.54, 1.807) is 6.92 Å².